The molecule has 0 fully saturated rings. The van der Waals surface area contributed by atoms with Gasteiger partial charge in [-0.1, -0.05) is 26.1 Å². The molecule has 0 aliphatic rings. The second-order valence-electron chi connectivity index (χ2n) is 1.89. The van der Waals surface area contributed by atoms with Crippen molar-refractivity contribution >= 4 is 17.2 Å². The second kappa shape index (κ2) is 3.80. The van der Waals surface area contributed by atoms with Gasteiger partial charge in [-0.15, -0.1) is 0 Å². The van der Waals surface area contributed by atoms with Gasteiger partial charge in [0, 0.05) is 13.0 Å². The zero-order valence-electron chi connectivity index (χ0n) is 5.49. The monoisotopic (exact) mass is 132 g/mol. The lowest BCUT2D eigenvalue weighted by atomic mass is 10.2. The maximum absolute atomic E-state index is 4.90. The Morgan fingerprint density at radius 2 is 2.00 bits per heavy atom. The zero-order valence-corrected chi connectivity index (χ0v) is 6.30. The topological polar surface area (TPSA) is 24.1 Å². The number of hydrazine groups is 1. The van der Waals surface area contributed by atoms with Crippen molar-refractivity contribution in [2.75, 3.05) is 7.05 Å². The highest BCUT2D eigenvalue weighted by Gasteiger charge is 1.97. The van der Waals surface area contributed by atoms with Gasteiger partial charge >= 0.3 is 0 Å². The summed E-state index contributed by atoms with van der Waals surface area (Å²) in [6, 6.07) is 0. The molecule has 0 amide bonds. The third-order valence-corrected chi connectivity index (χ3v) is 1.35. The molecule has 3 heteroatoms. The molecule has 0 bridgehead atoms. The van der Waals surface area contributed by atoms with Crippen LogP contribution in [0.4, 0.5) is 0 Å². The van der Waals surface area contributed by atoms with Crippen LogP contribution in [0.2, 0.25) is 0 Å². The van der Waals surface area contributed by atoms with E-state index in [1.165, 1.54) is 0 Å². The molecule has 0 radical (unpaired) electrons. The molecular formula is C5H12N2S. The molecule has 0 aromatic rings. The molecule has 0 spiro atoms. The minimum atomic E-state index is 0.428. The molecule has 0 aromatic carbocycles. The molecule has 2 N–H and O–H groups in total. The van der Waals surface area contributed by atoms with Crippen molar-refractivity contribution in [3.05, 3.63) is 0 Å². The predicted octanol–water partition coefficient (Wildman–Crippen LogP) is 0.694. The number of thiocarbonyl (C=S) groups is 1. The van der Waals surface area contributed by atoms with Crippen LogP contribution in [0, 0.1) is 5.92 Å². The fraction of sp³-hybridized carbons (Fsp3) is 0.800. The maximum Gasteiger partial charge on any atom is 0.0920 e. The average molecular weight is 132 g/mol. The number of rotatable bonds is 2. The van der Waals surface area contributed by atoms with Crippen LogP contribution in [-0.4, -0.2) is 12.0 Å². The van der Waals surface area contributed by atoms with Crippen LogP contribution in [0.3, 0.4) is 0 Å². The minimum Gasteiger partial charge on any atom is -0.316 e. The molecule has 0 aliphatic carbocycles. The summed E-state index contributed by atoms with van der Waals surface area (Å²) >= 11 is 4.90. The molecule has 0 aromatic heterocycles. The van der Waals surface area contributed by atoms with Crippen LogP contribution >= 0.6 is 12.2 Å². The van der Waals surface area contributed by atoms with E-state index in [9.17, 15) is 0 Å². The van der Waals surface area contributed by atoms with E-state index in [-0.39, 0.29) is 0 Å². The summed E-state index contributed by atoms with van der Waals surface area (Å²) in [5.41, 5.74) is 5.58. The maximum atomic E-state index is 4.90. The van der Waals surface area contributed by atoms with Gasteiger partial charge in [0.25, 0.3) is 0 Å². The van der Waals surface area contributed by atoms with Gasteiger partial charge in [0.05, 0.1) is 4.99 Å². The van der Waals surface area contributed by atoms with Gasteiger partial charge in [0.2, 0.25) is 0 Å². The van der Waals surface area contributed by atoms with Crippen LogP contribution in [0.15, 0.2) is 0 Å². The summed E-state index contributed by atoms with van der Waals surface area (Å²) < 4.78 is 0. The third kappa shape index (κ3) is 2.93. The highest BCUT2D eigenvalue weighted by atomic mass is 32.1. The van der Waals surface area contributed by atoms with Crippen LogP contribution in [0.5, 0.6) is 0 Å². The molecule has 0 saturated carbocycles. The summed E-state index contributed by atoms with van der Waals surface area (Å²) in [7, 11) is 1.80. The average Bonchev–Trinajstić information content (AvgIpc) is 1.67. The Morgan fingerprint density at radius 3 is 2.12 bits per heavy atom. The Bertz CT molecular complexity index is 80.5. The number of hydrogen-bond donors (Lipinski definition) is 2. The third-order valence-electron chi connectivity index (χ3n) is 0.773. The normalized spacial score (nSPS) is 9.50. The Morgan fingerprint density at radius 1 is 1.50 bits per heavy atom. The van der Waals surface area contributed by atoms with E-state index in [0.717, 1.165) is 4.99 Å². The number of nitrogens with one attached hydrogen (secondary N) is 2. The van der Waals surface area contributed by atoms with Crippen LogP contribution in [-0.2, 0) is 0 Å². The first kappa shape index (κ1) is 7.85. The fourth-order valence-electron chi connectivity index (χ4n) is 0.268. The molecule has 48 valence electrons. The summed E-state index contributed by atoms with van der Waals surface area (Å²) in [5.74, 6) is 0.428. The van der Waals surface area contributed by atoms with Gasteiger partial charge in [-0.2, -0.15) is 0 Å². The van der Waals surface area contributed by atoms with Crippen LogP contribution in [0.1, 0.15) is 13.8 Å². The predicted molar refractivity (Wildman–Crippen MR) is 39.6 cm³/mol. The lowest BCUT2D eigenvalue weighted by Crippen LogP contribution is -2.35. The van der Waals surface area contributed by atoms with Crippen molar-refractivity contribution in [1.29, 1.82) is 0 Å². The highest BCUT2D eigenvalue weighted by molar-refractivity contribution is 7.80. The lowest BCUT2D eigenvalue weighted by Gasteiger charge is -2.07. The second-order valence-corrected chi connectivity index (χ2v) is 2.33. The van der Waals surface area contributed by atoms with Crippen LogP contribution in [0.25, 0.3) is 0 Å². The SMILES string of the molecule is CNNC(=S)C(C)C. The van der Waals surface area contributed by atoms with Crippen molar-refractivity contribution in [2.45, 2.75) is 13.8 Å². The first-order valence-electron chi connectivity index (χ1n) is 2.65. The van der Waals surface area contributed by atoms with Gasteiger partial charge in [-0.25, -0.2) is 5.43 Å². The molecule has 0 atom stereocenters. The molecule has 0 heterocycles. The lowest BCUT2D eigenvalue weighted by molar-refractivity contribution is 0.726. The van der Waals surface area contributed by atoms with E-state index >= 15 is 0 Å². The van der Waals surface area contributed by atoms with E-state index in [0.29, 0.717) is 5.92 Å². The summed E-state index contributed by atoms with van der Waals surface area (Å²) in [6.07, 6.45) is 0. The van der Waals surface area contributed by atoms with Crippen molar-refractivity contribution < 1.29 is 0 Å². The Balaban J connectivity index is 3.33. The summed E-state index contributed by atoms with van der Waals surface area (Å²) in [5, 5.41) is 0. The molecule has 2 nitrogen and oxygen atoms in total. The van der Waals surface area contributed by atoms with E-state index in [1.807, 2.05) is 13.8 Å². The molecule has 0 rings (SSSR count). The molecule has 0 saturated heterocycles. The molecule has 8 heavy (non-hydrogen) atoms. The molecule has 0 unspecified atom stereocenters. The first-order valence-corrected chi connectivity index (χ1v) is 3.06. The summed E-state index contributed by atoms with van der Waals surface area (Å²) in [6.45, 7) is 4.10. The summed E-state index contributed by atoms with van der Waals surface area (Å²) in [4.78, 5) is 0.854. The molecular weight excluding hydrogens is 120 g/mol. The quantitative estimate of drug-likeness (QED) is 0.427. The largest absolute Gasteiger partial charge is 0.316 e. The van der Waals surface area contributed by atoms with Crippen molar-refractivity contribution in [1.82, 2.24) is 10.9 Å². The standard InChI is InChI=1S/C5H12N2S/c1-4(2)5(8)7-6-3/h4,6H,1-3H3,(H,7,8). The smallest absolute Gasteiger partial charge is 0.0920 e. The highest BCUT2D eigenvalue weighted by Crippen LogP contribution is 1.90. The van der Waals surface area contributed by atoms with E-state index in [1.54, 1.807) is 7.05 Å². The van der Waals surface area contributed by atoms with Gasteiger partial charge in [-0.3, -0.25) is 0 Å². The Kier molecular flexibility index (Phi) is 3.73. The van der Waals surface area contributed by atoms with Crippen LogP contribution < -0.4 is 10.9 Å². The van der Waals surface area contributed by atoms with Crippen molar-refractivity contribution in [3.63, 3.8) is 0 Å². The minimum absolute atomic E-state index is 0.428. The van der Waals surface area contributed by atoms with Crippen molar-refractivity contribution in [2.24, 2.45) is 5.92 Å². The van der Waals surface area contributed by atoms with Gasteiger partial charge in [0.15, 0.2) is 0 Å². The van der Waals surface area contributed by atoms with E-state index in [2.05, 4.69) is 10.9 Å². The van der Waals surface area contributed by atoms with Crippen molar-refractivity contribution in [3.8, 4) is 0 Å². The Hall–Kier alpha value is -0.150. The van der Waals surface area contributed by atoms with Gasteiger partial charge < -0.3 is 5.43 Å². The Labute approximate surface area is 55.6 Å². The first-order chi connectivity index (χ1) is 3.68. The fourth-order valence-corrected chi connectivity index (χ4v) is 0.370. The van der Waals surface area contributed by atoms with E-state index in [4.69, 9.17) is 12.2 Å². The zero-order chi connectivity index (χ0) is 6.57. The number of hydrogen-bond acceptors (Lipinski definition) is 2. The van der Waals surface area contributed by atoms with Gasteiger partial charge in [0.1, 0.15) is 0 Å². The molecule has 0 aliphatic heterocycles. The van der Waals surface area contributed by atoms with E-state index < -0.39 is 0 Å². The van der Waals surface area contributed by atoms with Gasteiger partial charge in [-0.05, 0) is 0 Å².